The van der Waals surface area contributed by atoms with Crippen LogP contribution in [0, 0.1) is 0 Å². The van der Waals surface area contributed by atoms with Crippen molar-refractivity contribution < 1.29 is 24.5 Å². The zero-order valence-corrected chi connectivity index (χ0v) is 49.4. The second-order valence-electron chi connectivity index (χ2n) is 22.8. The van der Waals surface area contributed by atoms with Gasteiger partial charge in [0.05, 0.1) is 25.4 Å². The molecule has 6 nitrogen and oxygen atoms in total. The third-order valence-corrected chi connectivity index (χ3v) is 15.5. The van der Waals surface area contributed by atoms with Gasteiger partial charge in [0, 0.05) is 12.8 Å². The van der Waals surface area contributed by atoms with Crippen LogP contribution in [0.3, 0.4) is 0 Å². The highest BCUT2D eigenvalue weighted by Gasteiger charge is 2.20. The van der Waals surface area contributed by atoms with Crippen LogP contribution < -0.4 is 5.32 Å². The summed E-state index contributed by atoms with van der Waals surface area (Å²) in [6, 6.07) is -0.548. The largest absolute Gasteiger partial charge is 0.466 e. The Bertz CT molecular complexity index is 1140. The number of allylic oxidation sites excluding steroid dienone is 4. The number of rotatable bonds is 62. The smallest absolute Gasteiger partial charge is 0.305 e. The zero-order chi connectivity index (χ0) is 52.9. The van der Waals surface area contributed by atoms with Crippen molar-refractivity contribution in [2.75, 3.05) is 13.2 Å². The molecule has 0 rings (SSSR count). The van der Waals surface area contributed by atoms with Crippen molar-refractivity contribution in [2.24, 2.45) is 0 Å². The normalized spacial score (nSPS) is 12.7. The SMILES string of the molecule is CCCC/C=C\CCCCCCCC(=O)OCCCCCCCCCCCC/C=C\CCCCCCCCCC(=O)NC(CO)C(O)CCCCCCCCCCCCCCCCCCCCCCCCCC. The fourth-order valence-corrected chi connectivity index (χ4v) is 10.4. The van der Waals surface area contributed by atoms with Crippen LogP contribution in [0.4, 0.5) is 0 Å². The van der Waals surface area contributed by atoms with Crippen molar-refractivity contribution in [1.29, 1.82) is 0 Å². The molecule has 0 aromatic rings. The molecule has 0 bridgehead atoms. The van der Waals surface area contributed by atoms with E-state index in [0.29, 0.717) is 25.9 Å². The van der Waals surface area contributed by atoms with Gasteiger partial charge in [0.15, 0.2) is 0 Å². The maximum absolute atomic E-state index is 12.5. The lowest BCUT2D eigenvalue weighted by molar-refractivity contribution is -0.143. The summed E-state index contributed by atoms with van der Waals surface area (Å²) >= 11 is 0. The quantitative estimate of drug-likeness (QED) is 0.0320. The fourth-order valence-electron chi connectivity index (χ4n) is 10.4. The maximum atomic E-state index is 12.5. The van der Waals surface area contributed by atoms with E-state index in [2.05, 4.69) is 43.5 Å². The molecule has 0 saturated heterocycles. The molecule has 0 aromatic heterocycles. The fraction of sp³-hybridized carbons (Fsp3) is 0.910. The summed E-state index contributed by atoms with van der Waals surface area (Å²) in [6.07, 6.45) is 77.8. The first kappa shape index (κ1) is 71.3. The number of amides is 1. The summed E-state index contributed by atoms with van der Waals surface area (Å²) < 4.78 is 5.46. The second kappa shape index (κ2) is 62.9. The molecule has 2 unspecified atom stereocenters. The van der Waals surface area contributed by atoms with Crippen LogP contribution in [0.1, 0.15) is 367 Å². The van der Waals surface area contributed by atoms with Gasteiger partial charge in [0.2, 0.25) is 5.91 Å². The number of carbonyl (C=O) groups excluding carboxylic acids is 2. The summed E-state index contributed by atoms with van der Waals surface area (Å²) in [5.74, 6) is -0.0410. The van der Waals surface area contributed by atoms with E-state index in [0.717, 1.165) is 44.9 Å². The van der Waals surface area contributed by atoms with Crippen molar-refractivity contribution in [1.82, 2.24) is 5.32 Å². The van der Waals surface area contributed by atoms with Gasteiger partial charge in [-0.15, -0.1) is 0 Å². The van der Waals surface area contributed by atoms with Crippen LogP contribution in [-0.4, -0.2) is 47.4 Å². The number of aliphatic hydroxyl groups is 2. The lowest BCUT2D eigenvalue weighted by Crippen LogP contribution is -2.45. The Hall–Kier alpha value is -1.66. The van der Waals surface area contributed by atoms with E-state index in [1.54, 1.807) is 0 Å². The molecule has 0 radical (unpaired) electrons. The Labute approximate surface area is 456 Å². The molecular formula is C67H129NO5. The minimum absolute atomic E-state index is 0.00220. The number of hydrogen-bond acceptors (Lipinski definition) is 5. The predicted molar refractivity (Wildman–Crippen MR) is 320 cm³/mol. The number of hydrogen-bond donors (Lipinski definition) is 3. The van der Waals surface area contributed by atoms with Crippen molar-refractivity contribution in [3.63, 3.8) is 0 Å². The Kier molecular flexibility index (Phi) is 61.4. The molecular weight excluding hydrogens is 899 g/mol. The van der Waals surface area contributed by atoms with Crippen LogP contribution in [0.15, 0.2) is 24.3 Å². The van der Waals surface area contributed by atoms with E-state index in [1.165, 1.54) is 289 Å². The average Bonchev–Trinajstić information content (AvgIpc) is 3.39. The maximum Gasteiger partial charge on any atom is 0.305 e. The van der Waals surface area contributed by atoms with Crippen LogP contribution in [0.2, 0.25) is 0 Å². The molecule has 0 fully saturated rings. The Morgan fingerprint density at radius 3 is 1.01 bits per heavy atom. The van der Waals surface area contributed by atoms with E-state index in [-0.39, 0.29) is 18.5 Å². The highest BCUT2D eigenvalue weighted by Crippen LogP contribution is 2.18. The summed E-state index contributed by atoms with van der Waals surface area (Å²) in [5.41, 5.74) is 0. The number of aliphatic hydroxyl groups excluding tert-OH is 2. The lowest BCUT2D eigenvalue weighted by Gasteiger charge is -2.22. The van der Waals surface area contributed by atoms with Crippen molar-refractivity contribution >= 4 is 11.9 Å². The monoisotopic (exact) mass is 1030 g/mol. The minimum Gasteiger partial charge on any atom is -0.466 e. The molecule has 0 saturated carbocycles. The van der Waals surface area contributed by atoms with Crippen molar-refractivity contribution in [3.8, 4) is 0 Å². The van der Waals surface area contributed by atoms with Crippen LogP contribution in [-0.2, 0) is 14.3 Å². The number of carbonyl (C=O) groups is 2. The summed E-state index contributed by atoms with van der Waals surface area (Å²) in [7, 11) is 0. The van der Waals surface area contributed by atoms with Gasteiger partial charge >= 0.3 is 5.97 Å². The van der Waals surface area contributed by atoms with Crippen LogP contribution in [0.25, 0.3) is 0 Å². The summed E-state index contributed by atoms with van der Waals surface area (Å²) in [4.78, 5) is 24.5. The molecule has 6 heteroatoms. The van der Waals surface area contributed by atoms with E-state index in [4.69, 9.17) is 4.74 Å². The van der Waals surface area contributed by atoms with E-state index >= 15 is 0 Å². The zero-order valence-electron chi connectivity index (χ0n) is 49.4. The van der Waals surface area contributed by atoms with E-state index in [1.807, 2.05) is 0 Å². The topological polar surface area (TPSA) is 95.9 Å². The first-order valence-electron chi connectivity index (χ1n) is 33.1. The van der Waals surface area contributed by atoms with Gasteiger partial charge in [-0.3, -0.25) is 9.59 Å². The first-order chi connectivity index (χ1) is 36.0. The Balaban J connectivity index is 3.43. The molecule has 0 heterocycles. The minimum atomic E-state index is -0.671. The predicted octanol–water partition coefficient (Wildman–Crippen LogP) is 21.0. The molecule has 1 amide bonds. The summed E-state index contributed by atoms with van der Waals surface area (Å²) in [6.45, 7) is 4.94. The average molecular weight is 1030 g/mol. The van der Waals surface area contributed by atoms with Crippen LogP contribution in [0.5, 0.6) is 0 Å². The molecule has 0 aliphatic rings. The molecule has 0 aliphatic carbocycles. The molecule has 2 atom stereocenters. The summed E-state index contributed by atoms with van der Waals surface area (Å²) in [5, 5.41) is 23.4. The highest BCUT2D eigenvalue weighted by molar-refractivity contribution is 5.76. The number of unbranched alkanes of at least 4 members (excludes halogenated alkanes) is 47. The highest BCUT2D eigenvalue weighted by atomic mass is 16.5. The third-order valence-electron chi connectivity index (χ3n) is 15.5. The van der Waals surface area contributed by atoms with Crippen molar-refractivity contribution in [3.05, 3.63) is 24.3 Å². The Morgan fingerprint density at radius 2 is 0.658 bits per heavy atom. The third kappa shape index (κ3) is 59.4. The lowest BCUT2D eigenvalue weighted by atomic mass is 10.0. The molecule has 73 heavy (non-hydrogen) atoms. The molecule has 3 N–H and O–H groups in total. The van der Waals surface area contributed by atoms with Gasteiger partial charge < -0.3 is 20.3 Å². The standard InChI is InChI=1S/C67H129NO5/c1-3-5-7-9-11-13-15-16-17-18-19-20-21-22-24-27-30-33-36-40-43-47-51-55-59-65(70)64(63-69)68-66(71)60-56-52-48-44-41-37-34-31-28-25-23-26-29-32-35-38-42-46-50-54-58-62-73-67(72)61-57-53-49-45-39-14-12-10-8-6-4-2/h10,12,25,28,64-65,69-70H,3-9,11,13-24,26-27,29-63H2,1-2H3,(H,68,71)/b12-10-,28-25-. The van der Waals surface area contributed by atoms with Gasteiger partial charge in [-0.1, -0.05) is 308 Å². The van der Waals surface area contributed by atoms with E-state index in [9.17, 15) is 19.8 Å². The van der Waals surface area contributed by atoms with Gasteiger partial charge in [-0.2, -0.15) is 0 Å². The molecule has 0 aliphatic heterocycles. The number of nitrogens with one attached hydrogen (secondary N) is 1. The Morgan fingerprint density at radius 1 is 0.370 bits per heavy atom. The van der Waals surface area contributed by atoms with Gasteiger partial charge in [0.1, 0.15) is 0 Å². The second-order valence-corrected chi connectivity index (χ2v) is 22.8. The van der Waals surface area contributed by atoms with Gasteiger partial charge in [0.25, 0.3) is 0 Å². The number of ether oxygens (including phenoxy) is 1. The first-order valence-corrected chi connectivity index (χ1v) is 33.1. The molecule has 0 spiro atoms. The van der Waals surface area contributed by atoms with Crippen molar-refractivity contribution in [2.45, 2.75) is 379 Å². The van der Waals surface area contributed by atoms with Gasteiger partial charge in [-0.05, 0) is 70.6 Å². The van der Waals surface area contributed by atoms with Gasteiger partial charge in [-0.25, -0.2) is 0 Å². The molecule has 432 valence electrons. The van der Waals surface area contributed by atoms with E-state index < -0.39 is 12.1 Å². The molecule has 0 aromatic carbocycles. The van der Waals surface area contributed by atoms with Crippen LogP contribution >= 0.6 is 0 Å². The number of esters is 1.